The van der Waals surface area contributed by atoms with Crippen LogP contribution in [0.4, 0.5) is 5.69 Å². The Balaban J connectivity index is 2.18. The highest BCUT2D eigenvalue weighted by Gasteiger charge is 2.28. The van der Waals surface area contributed by atoms with Crippen LogP contribution in [0.3, 0.4) is 0 Å². The topological polar surface area (TPSA) is 96.0 Å². The Kier molecular flexibility index (Phi) is 10.4. The summed E-state index contributed by atoms with van der Waals surface area (Å²) >= 11 is 0. The Morgan fingerprint density at radius 2 is 1.68 bits per heavy atom. The number of likely N-dealkylation sites (N-methyl/N-ethyl adjacent to an activating group) is 1. The maximum absolute atomic E-state index is 13.3. The number of para-hydroxylation sites is 1. The SMILES string of the molecule is CCNC(=O)C(CC)N(Cc1ccc(OC)cc1)C(=O)CCCN(c1ccccc1)S(C)(=O)=O. The van der Waals surface area contributed by atoms with Gasteiger partial charge in [0.15, 0.2) is 0 Å². The van der Waals surface area contributed by atoms with Crippen LogP contribution in [0.2, 0.25) is 0 Å². The molecule has 8 nitrogen and oxygen atoms in total. The average molecular weight is 490 g/mol. The van der Waals surface area contributed by atoms with Crippen molar-refractivity contribution in [3.05, 3.63) is 60.2 Å². The molecule has 1 atom stereocenters. The lowest BCUT2D eigenvalue weighted by Gasteiger charge is -2.31. The summed E-state index contributed by atoms with van der Waals surface area (Å²) in [5.41, 5.74) is 1.43. The molecule has 2 amide bonds. The van der Waals surface area contributed by atoms with Gasteiger partial charge < -0.3 is 15.0 Å². The second-order valence-electron chi connectivity index (χ2n) is 7.96. The van der Waals surface area contributed by atoms with Gasteiger partial charge in [0.1, 0.15) is 11.8 Å². The van der Waals surface area contributed by atoms with E-state index in [1.165, 1.54) is 4.31 Å². The van der Waals surface area contributed by atoms with Crippen LogP contribution in [0.1, 0.15) is 38.7 Å². The van der Waals surface area contributed by atoms with Crippen molar-refractivity contribution in [1.82, 2.24) is 10.2 Å². The molecule has 1 unspecified atom stereocenters. The lowest BCUT2D eigenvalue weighted by molar-refractivity contribution is -0.141. The summed E-state index contributed by atoms with van der Waals surface area (Å²) in [5.74, 6) is 0.309. The second-order valence-corrected chi connectivity index (χ2v) is 9.87. The molecule has 0 bridgehead atoms. The molecule has 0 fully saturated rings. The van der Waals surface area contributed by atoms with E-state index in [0.29, 0.717) is 30.8 Å². The number of hydrogen-bond acceptors (Lipinski definition) is 5. The number of rotatable bonds is 13. The van der Waals surface area contributed by atoms with Gasteiger partial charge >= 0.3 is 0 Å². The number of nitrogens with zero attached hydrogens (tertiary/aromatic N) is 2. The van der Waals surface area contributed by atoms with Gasteiger partial charge in [-0.2, -0.15) is 0 Å². The number of nitrogens with one attached hydrogen (secondary N) is 1. The van der Waals surface area contributed by atoms with Gasteiger partial charge in [-0.15, -0.1) is 0 Å². The number of carbonyl (C=O) groups excluding carboxylic acids is 2. The zero-order valence-corrected chi connectivity index (χ0v) is 21.2. The van der Waals surface area contributed by atoms with Crippen LogP contribution in [0.25, 0.3) is 0 Å². The number of carbonyl (C=O) groups is 2. The molecule has 2 aromatic rings. The molecule has 9 heteroatoms. The molecule has 2 aromatic carbocycles. The van der Waals surface area contributed by atoms with Crippen molar-refractivity contribution in [1.29, 1.82) is 0 Å². The maximum Gasteiger partial charge on any atom is 0.242 e. The standard InChI is InChI=1S/C25H35N3O5S/c1-5-23(25(30)26-6-2)27(19-20-14-16-22(33-3)17-15-20)24(29)13-10-18-28(34(4,31)32)21-11-8-7-9-12-21/h7-9,11-12,14-17,23H,5-6,10,13,18-19H2,1-4H3,(H,26,30). The molecule has 0 heterocycles. The Bertz CT molecular complexity index is 1030. The summed E-state index contributed by atoms with van der Waals surface area (Å²) in [6.07, 6.45) is 2.06. The number of anilines is 1. The fraction of sp³-hybridized carbons (Fsp3) is 0.440. The Labute approximate surface area is 202 Å². The zero-order chi connectivity index (χ0) is 25.1. The van der Waals surface area contributed by atoms with Crippen LogP contribution >= 0.6 is 0 Å². The van der Waals surface area contributed by atoms with Crippen LogP contribution in [0.5, 0.6) is 5.75 Å². The highest BCUT2D eigenvalue weighted by molar-refractivity contribution is 7.92. The molecule has 0 saturated heterocycles. The van der Waals surface area contributed by atoms with E-state index in [-0.39, 0.29) is 31.3 Å². The van der Waals surface area contributed by atoms with Gasteiger partial charge in [0.2, 0.25) is 21.8 Å². The van der Waals surface area contributed by atoms with Gasteiger partial charge in [-0.25, -0.2) is 8.42 Å². The van der Waals surface area contributed by atoms with E-state index in [1.54, 1.807) is 36.3 Å². The van der Waals surface area contributed by atoms with Crippen molar-refractivity contribution in [2.75, 3.05) is 30.8 Å². The molecular formula is C25H35N3O5S. The number of amides is 2. The van der Waals surface area contributed by atoms with Gasteiger partial charge in [0, 0.05) is 26.1 Å². The van der Waals surface area contributed by atoms with E-state index in [9.17, 15) is 18.0 Å². The number of methoxy groups -OCH3 is 1. The minimum Gasteiger partial charge on any atom is -0.497 e. The summed E-state index contributed by atoms with van der Waals surface area (Å²) in [5, 5.41) is 2.81. The minimum absolute atomic E-state index is 0.116. The van der Waals surface area contributed by atoms with E-state index in [0.717, 1.165) is 11.8 Å². The van der Waals surface area contributed by atoms with Crippen molar-refractivity contribution >= 4 is 27.5 Å². The summed E-state index contributed by atoms with van der Waals surface area (Å²) in [7, 11) is -1.92. The lowest BCUT2D eigenvalue weighted by atomic mass is 10.1. The molecular weight excluding hydrogens is 454 g/mol. The van der Waals surface area contributed by atoms with Gasteiger partial charge in [-0.05, 0) is 49.6 Å². The first-order chi connectivity index (χ1) is 16.2. The molecule has 0 aromatic heterocycles. The second kappa shape index (κ2) is 13.0. The molecule has 1 N–H and O–H groups in total. The van der Waals surface area contributed by atoms with Crippen molar-refractivity contribution in [2.45, 2.75) is 45.7 Å². The van der Waals surface area contributed by atoms with Crippen LogP contribution in [-0.4, -0.2) is 57.6 Å². The summed E-state index contributed by atoms with van der Waals surface area (Å²) in [6, 6.07) is 15.5. The normalized spacial score (nSPS) is 12.0. The molecule has 0 spiro atoms. The van der Waals surface area contributed by atoms with Gasteiger partial charge in [0.05, 0.1) is 19.1 Å². The molecule has 0 radical (unpaired) electrons. The Morgan fingerprint density at radius 1 is 1.03 bits per heavy atom. The average Bonchev–Trinajstić information content (AvgIpc) is 2.82. The lowest BCUT2D eigenvalue weighted by Crippen LogP contribution is -2.49. The van der Waals surface area contributed by atoms with E-state index in [4.69, 9.17) is 4.74 Å². The first-order valence-electron chi connectivity index (χ1n) is 11.4. The number of ether oxygens (including phenoxy) is 1. The molecule has 0 aliphatic heterocycles. The minimum atomic E-state index is -3.50. The predicted molar refractivity (Wildman–Crippen MR) is 134 cm³/mol. The van der Waals surface area contributed by atoms with Crippen LogP contribution in [0.15, 0.2) is 54.6 Å². The van der Waals surface area contributed by atoms with E-state index < -0.39 is 16.1 Å². The number of benzene rings is 2. The first-order valence-corrected chi connectivity index (χ1v) is 13.3. The van der Waals surface area contributed by atoms with Crippen LogP contribution < -0.4 is 14.4 Å². The summed E-state index contributed by atoms with van der Waals surface area (Å²) in [6.45, 7) is 4.62. The molecule has 0 aliphatic rings. The highest BCUT2D eigenvalue weighted by Crippen LogP contribution is 2.20. The molecule has 0 aliphatic carbocycles. The molecule has 34 heavy (non-hydrogen) atoms. The fourth-order valence-electron chi connectivity index (χ4n) is 3.74. The molecule has 2 rings (SSSR count). The number of hydrogen-bond donors (Lipinski definition) is 1. The van der Waals surface area contributed by atoms with Crippen molar-refractivity contribution < 1.29 is 22.7 Å². The van der Waals surface area contributed by atoms with Crippen molar-refractivity contribution in [3.8, 4) is 5.75 Å². The fourth-order valence-corrected chi connectivity index (χ4v) is 4.70. The zero-order valence-electron chi connectivity index (χ0n) is 20.4. The third kappa shape index (κ3) is 7.76. The van der Waals surface area contributed by atoms with Crippen LogP contribution in [-0.2, 0) is 26.2 Å². The van der Waals surface area contributed by atoms with Crippen molar-refractivity contribution in [2.24, 2.45) is 0 Å². The Morgan fingerprint density at radius 3 is 2.21 bits per heavy atom. The van der Waals surface area contributed by atoms with E-state index in [2.05, 4.69) is 5.32 Å². The van der Waals surface area contributed by atoms with Crippen LogP contribution in [0, 0.1) is 0 Å². The first kappa shape index (κ1) is 27.2. The summed E-state index contributed by atoms with van der Waals surface area (Å²) in [4.78, 5) is 27.6. The molecule has 0 saturated carbocycles. The Hall–Kier alpha value is -3.07. The largest absolute Gasteiger partial charge is 0.497 e. The highest BCUT2D eigenvalue weighted by atomic mass is 32.2. The maximum atomic E-state index is 13.3. The van der Waals surface area contributed by atoms with Gasteiger partial charge in [-0.1, -0.05) is 37.3 Å². The van der Waals surface area contributed by atoms with E-state index >= 15 is 0 Å². The smallest absolute Gasteiger partial charge is 0.242 e. The number of sulfonamides is 1. The predicted octanol–water partition coefficient (Wildman–Crippen LogP) is 3.18. The molecule has 186 valence electrons. The quantitative estimate of drug-likeness (QED) is 0.466. The summed E-state index contributed by atoms with van der Waals surface area (Å²) < 4.78 is 31.1. The third-order valence-electron chi connectivity index (χ3n) is 5.45. The van der Waals surface area contributed by atoms with E-state index in [1.807, 2.05) is 44.2 Å². The third-order valence-corrected chi connectivity index (χ3v) is 6.64. The van der Waals surface area contributed by atoms with Crippen molar-refractivity contribution in [3.63, 3.8) is 0 Å². The van der Waals surface area contributed by atoms with Gasteiger partial charge in [0.25, 0.3) is 0 Å². The van der Waals surface area contributed by atoms with Gasteiger partial charge in [-0.3, -0.25) is 13.9 Å². The monoisotopic (exact) mass is 489 g/mol.